The maximum atomic E-state index is 10.00. The van der Waals surface area contributed by atoms with Crippen molar-refractivity contribution in [3.63, 3.8) is 0 Å². The summed E-state index contributed by atoms with van der Waals surface area (Å²) in [5.74, 6) is 0.0517. The number of ether oxygens (including phenoxy) is 1. The molecule has 0 saturated heterocycles. The minimum Gasteiger partial charge on any atom is -0.508 e. The van der Waals surface area contributed by atoms with Gasteiger partial charge in [-0.25, -0.2) is 0 Å². The molecule has 2 aromatic carbocycles. The molecule has 3 N–H and O–H groups in total. The molecule has 0 atom stereocenters. The predicted molar refractivity (Wildman–Crippen MR) is 91.7 cm³/mol. The number of hydrogen-bond donors (Lipinski definition) is 3. The molecule has 2 aromatic rings. The first-order valence-electron chi connectivity index (χ1n) is 7.26. The minimum atomic E-state index is -0.114. The fourth-order valence-electron chi connectivity index (χ4n) is 1.97. The number of hydrogen-bond acceptors (Lipinski definition) is 4. The highest BCUT2D eigenvalue weighted by Crippen LogP contribution is 2.37. The van der Waals surface area contributed by atoms with Crippen LogP contribution in [0.2, 0.25) is 0 Å². The molecule has 0 amide bonds. The van der Waals surface area contributed by atoms with E-state index in [0.29, 0.717) is 18.6 Å². The molecule has 0 fully saturated rings. The second kappa shape index (κ2) is 7.40. The molecule has 0 spiro atoms. The van der Waals surface area contributed by atoms with Crippen LogP contribution in [0, 0.1) is 0 Å². The van der Waals surface area contributed by atoms with Gasteiger partial charge in [0.15, 0.2) is 11.5 Å². The lowest BCUT2D eigenvalue weighted by Crippen LogP contribution is -1.98. The molecule has 0 aromatic heterocycles. The van der Waals surface area contributed by atoms with Crippen molar-refractivity contribution in [2.75, 3.05) is 6.61 Å². The maximum absolute atomic E-state index is 10.00. The van der Waals surface area contributed by atoms with E-state index in [1.54, 1.807) is 30.3 Å². The van der Waals surface area contributed by atoms with Gasteiger partial charge in [0.2, 0.25) is 5.75 Å². The van der Waals surface area contributed by atoms with Gasteiger partial charge in [0, 0.05) is 6.42 Å². The fourth-order valence-corrected chi connectivity index (χ4v) is 1.97. The first kappa shape index (κ1) is 16.5. The highest BCUT2D eigenvalue weighted by atomic mass is 16.5. The Morgan fingerprint density at radius 2 is 1.57 bits per heavy atom. The summed E-state index contributed by atoms with van der Waals surface area (Å²) in [6, 6.07) is 9.75. The molecular formula is C19H20O4. The van der Waals surface area contributed by atoms with Gasteiger partial charge in [0.05, 0.1) is 6.61 Å². The number of rotatable bonds is 6. The summed E-state index contributed by atoms with van der Waals surface area (Å²) in [7, 11) is 0. The van der Waals surface area contributed by atoms with Gasteiger partial charge in [-0.1, -0.05) is 29.9 Å². The van der Waals surface area contributed by atoms with Crippen molar-refractivity contribution < 1.29 is 20.1 Å². The Morgan fingerprint density at radius 1 is 1.00 bits per heavy atom. The van der Waals surface area contributed by atoms with Gasteiger partial charge in [0.1, 0.15) is 5.75 Å². The van der Waals surface area contributed by atoms with Crippen molar-refractivity contribution in [2.45, 2.75) is 13.3 Å². The van der Waals surface area contributed by atoms with Crippen molar-refractivity contribution in [3.05, 3.63) is 59.7 Å². The zero-order valence-electron chi connectivity index (χ0n) is 13.0. The molecule has 0 radical (unpaired) electrons. The first-order valence-corrected chi connectivity index (χ1v) is 7.26. The third-order valence-electron chi connectivity index (χ3n) is 3.21. The van der Waals surface area contributed by atoms with E-state index in [1.165, 1.54) is 12.1 Å². The molecule has 4 heteroatoms. The lowest BCUT2D eigenvalue weighted by atomic mass is 10.1. The molecule has 0 unspecified atom stereocenters. The van der Waals surface area contributed by atoms with Crippen LogP contribution in [-0.2, 0) is 0 Å². The van der Waals surface area contributed by atoms with E-state index in [0.717, 1.165) is 11.1 Å². The lowest BCUT2D eigenvalue weighted by Gasteiger charge is -2.10. The van der Waals surface area contributed by atoms with Gasteiger partial charge in [0.25, 0.3) is 0 Å². The smallest absolute Gasteiger partial charge is 0.203 e. The van der Waals surface area contributed by atoms with Gasteiger partial charge in [-0.3, -0.25) is 0 Å². The van der Waals surface area contributed by atoms with Crippen LogP contribution in [0.15, 0.2) is 48.6 Å². The first-order chi connectivity index (χ1) is 11.0. The van der Waals surface area contributed by atoms with Crippen molar-refractivity contribution in [3.8, 4) is 23.0 Å². The Labute approximate surface area is 135 Å². The summed E-state index contributed by atoms with van der Waals surface area (Å²) in [6.07, 6.45) is 4.22. The van der Waals surface area contributed by atoms with Gasteiger partial charge in [-0.05, 0) is 42.3 Å². The van der Waals surface area contributed by atoms with Crippen LogP contribution < -0.4 is 4.74 Å². The topological polar surface area (TPSA) is 69.9 Å². The summed E-state index contributed by atoms with van der Waals surface area (Å²) < 4.78 is 5.40. The van der Waals surface area contributed by atoms with E-state index in [4.69, 9.17) is 4.74 Å². The zero-order chi connectivity index (χ0) is 16.8. The van der Waals surface area contributed by atoms with Crippen LogP contribution in [0.3, 0.4) is 0 Å². The van der Waals surface area contributed by atoms with Gasteiger partial charge < -0.3 is 20.1 Å². The second-order valence-corrected chi connectivity index (χ2v) is 5.37. The standard InChI is InChI=1S/C19H20O4/c1-13(2)9-10-23-19-17(21)11-15(12-18(19)22)4-3-14-5-7-16(20)8-6-14/h3-8,11-12,20-22H,1,9-10H2,2H3. The number of aromatic hydroxyl groups is 3. The van der Waals surface area contributed by atoms with E-state index in [9.17, 15) is 15.3 Å². The molecule has 2 rings (SSSR count). The SMILES string of the molecule is C=C(C)CCOc1c(O)cc(C=Cc2ccc(O)cc2)cc1O. The van der Waals surface area contributed by atoms with E-state index in [2.05, 4.69) is 6.58 Å². The number of phenolic OH excluding ortho intramolecular Hbond substituents is 3. The van der Waals surface area contributed by atoms with Crippen molar-refractivity contribution in [1.29, 1.82) is 0 Å². The Morgan fingerprint density at radius 3 is 2.13 bits per heavy atom. The molecule has 120 valence electrons. The second-order valence-electron chi connectivity index (χ2n) is 5.37. The van der Waals surface area contributed by atoms with Crippen LogP contribution in [-0.4, -0.2) is 21.9 Å². The quantitative estimate of drug-likeness (QED) is 0.549. The summed E-state index contributed by atoms with van der Waals surface area (Å²) in [6.45, 7) is 6.01. The Balaban J connectivity index is 2.12. The molecular weight excluding hydrogens is 292 g/mol. The third kappa shape index (κ3) is 4.81. The number of phenols is 3. The monoisotopic (exact) mass is 312 g/mol. The van der Waals surface area contributed by atoms with Crippen LogP contribution in [0.5, 0.6) is 23.0 Å². The van der Waals surface area contributed by atoms with E-state index < -0.39 is 0 Å². The van der Waals surface area contributed by atoms with Crippen molar-refractivity contribution in [1.82, 2.24) is 0 Å². The zero-order valence-corrected chi connectivity index (χ0v) is 13.0. The van der Waals surface area contributed by atoms with Gasteiger partial charge >= 0.3 is 0 Å². The molecule has 0 saturated carbocycles. The van der Waals surface area contributed by atoms with E-state index >= 15 is 0 Å². The predicted octanol–water partition coefficient (Wildman–Crippen LogP) is 4.32. The van der Waals surface area contributed by atoms with Crippen molar-refractivity contribution in [2.24, 2.45) is 0 Å². The Bertz CT molecular complexity index is 692. The summed E-state index contributed by atoms with van der Waals surface area (Å²) in [5, 5.41) is 29.2. The molecule has 0 aliphatic rings. The molecule has 0 bridgehead atoms. The van der Waals surface area contributed by atoms with Gasteiger partial charge in [-0.15, -0.1) is 6.58 Å². The van der Waals surface area contributed by atoms with Crippen LogP contribution in [0.4, 0.5) is 0 Å². The van der Waals surface area contributed by atoms with E-state index in [1.807, 2.05) is 13.0 Å². The highest BCUT2D eigenvalue weighted by molar-refractivity contribution is 5.72. The van der Waals surface area contributed by atoms with Crippen LogP contribution in [0.25, 0.3) is 12.2 Å². The van der Waals surface area contributed by atoms with Crippen molar-refractivity contribution >= 4 is 12.2 Å². The molecule has 0 heterocycles. The Kier molecular flexibility index (Phi) is 5.31. The molecule has 0 aliphatic carbocycles. The Hall–Kier alpha value is -2.88. The summed E-state index contributed by atoms with van der Waals surface area (Å²) in [4.78, 5) is 0. The molecule has 4 nitrogen and oxygen atoms in total. The van der Waals surface area contributed by atoms with E-state index in [-0.39, 0.29) is 23.0 Å². The average molecular weight is 312 g/mol. The highest BCUT2D eigenvalue weighted by Gasteiger charge is 2.10. The average Bonchev–Trinajstić information content (AvgIpc) is 2.49. The number of benzene rings is 2. The normalized spacial score (nSPS) is 10.8. The van der Waals surface area contributed by atoms with Gasteiger partial charge in [-0.2, -0.15) is 0 Å². The third-order valence-corrected chi connectivity index (χ3v) is 3.21. The molecule has 0 aliphatic heterocycles. The lowest BCUT2D eigenvalue weighted by molar-refractivity contribution is 0.286. The summed E-state index contributed by atoms with van der Waals surface area (Å²) >= 11 is 0. The molecule has 23 heavy (non-hydrogen) atoms. The summed E-state index contributed by atoms with van der Waals surface area (Å²) in [5.41, 5.74) is 2.50. The largest absolute Gasteiger partial charge is 0.508 e. The van der Waals surface area contributed by atoms with Crippen LogP contribution in [0.1, 0.15) is 24.5 Å². The minimum absolute atomic E-state index is 0.0769. The van der Waals surface area contributed by atoms with Crippen LogP contribution >= 0.6 is 0 Å². The fraction of sp³-hybridized carbons (Fsp3) is 0.158. The maximum Gasteiger partial charge on any atom is 0.203 e.